The van der Waals surface area contributed by atoms with Crippen molar-refractivity contribution in [3.63, 3.8) is 0 Å². The van der Waals surface area contributed by atoms with Crippen molar-refractivity contribution in [2.24, 2.45) is 5.41 Å². The Morgan fingerprint density at radius 1 is 1.13 bits per heavy atom. The number of hydrogen-bond acceptors (Lipinski definition) is 3. The molecule has 0 aliphatic carbocycles. The predicted octanol–water partition coefficient (Wildman–Crippen LogP) is 2.31. The summed E-state index contributed by atoms with van der Waals surface area (Å²) in [5, 5.41) is 0. The molecule has 1 amide bonds. The van der Waals surface area contributed by atoms with Crippen LogP contribution in [0.3, 0.4) is 0 Å². The van der Waals surface area contributed by atoms with Crippen LogP contribution >= 0.6 is 0 Å². The molecule has 0 radical (unpaired) electrons. The fourth-order valence-corrected chi connectivity index (χ4v) is 3.99. The zero-order valence-electron chi connectivity index (χ0n) is 14.7. The summed E-state index contributed by atoms with van der Waals surface area (Å²) in [4.78, 5) is 19.7. The van der Waals surface area contributed by atoms with Crippen molar-refractivity contribution in [2.45, 2.75) is 25.8 Å². The number of likely N-dealkylation sites (tertiary alicyclic amines) is 2. The Labute approximate surface area is 140 Å². The van der Waals surface area contributed by atoms with Crippen LogP contribution in [0.25, 0.3) is 0 Å². The summed E-state index contributed by atoms with van der Waals surface area (Å²) in [6, 6.07) is 8.07. The normalized spacial score (nSPS) is 21.3. The third-order valence-electron chi connectivity index (χ3n) is 5.51. The van der Waals surface area contributed by atoms with Crippen LogP contribution in [0.1, 0.15) is 35.2 Å². The van der Waals surface area contributed by atoms with Gasteiger partial charge in [0.25, 0.3) is 5.91 Å². The first-order valence-electron chi connectivity index (χ1n) is 8.70. The second-order valence-electron chi connectivity index (χ2n) is 7.67. The molecule has 0 aromatic heterocycles. The van der Waals surface area contributed by atoms with Crippen LogP contribution in [0.5, 0.6) is 0 Å². The number of carbonyl (C=O) groups excluding carboxylic acids is 1. The Morgan fingerprint density at radius 3 is 2.48 bits per heavy atom. The van der Waals surface area contributed by atoms with Crippen molar-refractivity contribution in [1.29, 1.82) is 0 Å². The van der Waals surface area contributed by atoms with E-state index in [2.05, 4.69) is 27.8 Å². The fourth-order valence-electron chi connectivity index (χ4n) is 3.99. The maximum absolute atomic E-state index is 13.0. The van der Waals surface area contributed by atoms with E-state index >= 15 is 0 Å². The smallest absolute Gasteiger partial charge is 0.254 e. The Bertz CT molecular complexity index is 561. The van der Waals surface area contributed by atoms with Gasteiger partial charge < -0.3 is 14.7 Å². The van der Waals surface area contributed by atoms with Gasteiger partial charge in [-0.05, 0) is 70.5 Å². The van der Waals surface area contributed by atoms with Crippen molar-refractivity contribution in [1.82, 2.24) is 14.7 Å². The summed E-state index contributed by atoms with van der Waals surface area (Å²) in [5.74, 6) is 0.221. The van der Waals surface area contributed by atoms with E-state index in [-0.39, 0.29) is 5.91 Å². The average molecular weight is 315 g/mol. The number of amides is 1. The van der Waals surface area contributed by atoms with Crippen LogP contribution in [-0.4, -0.2) is 67.9 Å². The van der Waals surface area contributed by atoms with E-state index in [1.54, 1.807) is 0 Å². The van der Waals surface area contributed by atoms with E-state index in [4.69, 9.17) is 0 Å². The first-order chi connectivity index (χ1) is 11.0. The summed E-state index contributed by atoms with van der Waals surface area (Å²) in [6.07, 6.45) is 3.63. The highest BCUT2D eigenvalue weighted by Crippen LogP contribution is 2.40. The van der Waals surface area contributed by atoms with E-state index in [9.17, 15) is 4.79 Å². The molecule has 3 rings (SSSR count). The molecule has 0 unspecified atom stereocenters. The summed E-state index contributed by atoms with van der Waals surface area (Å²) < 4.78 is 0. The zero-order chi connectivity index (χ0) is 16.4. The van der Waals surface area contributed by atoms with Gasteiger partial charge in [-0.15, -0.1) is 0 Å². The van der Waals surface area contributed by atoms with Crippen LogP contribution in [0.15, 0.2) is 24.3 Å². The second kappa shape index (κ2) is 6.62. The minimum Gasteiger partial charge on any atom is -0.338 e. The molecule has 2 saturated heterocycles. The van der Waals surface area contributed by atoms with E-state index in [1.165, 1.54) is 32.4 Å². The van der Waals surface area contributed by atoms with Gasteiger partial charge in [0, 0.05) is 25.2 Å². The maximum atomic E-state index is 13.0. The molecule has 2 heterocycles. The van der Waals surface area contributed by atoms with E-state index in [0.29, 0.717) is 5.41 Å². The lowest BCUT2D eigenvalue weighted by molar-refractivity contribution is 0.0735. The van der Waals surface area contributed by atoms with Gasteiger partial charge in [-0.3, -0.25) is 4.79 Å². The Hall–Kier alpha value is -1.39. The topological polar surface area (TPSA) is 26.8 Å². The first-order valence-corrected chi connectivity index (χ1v) is 8.70. The number of nitrogens with zero attached hydrogens (tertiary/aromatic N) is 3. The highest BCUT2D eigenvalue weighted by molar-refractivity contribution is 5.95. The minimum absolute atomic E-state index is 0.221. The molecule has 4 nitrogen and oxygen atoms in total. The summed E-state index contributed by atoms with van der Waals surface area (Å²) in [7, 11) is 6.29. The molecule has 2 aliphatic heterocycles. The number of piperidine rings is 1. The molecule has 2 aliphatic rings. The highest BCUT2D eigenvalue weighted by atomic mass is 16.2. The monoisotopic (exact) mass is 315 g/mol. The number of hydrogen-bond donors (Lipinski definition) is 0. The van der Waals surface area contributed by atoms with E-state index in [1.807, 2.05) is 32.3 Å². The Morgan fingerprint density at radius 2 is 1.78 bits per heavy atom. The molecule has 1 aromatic carbocycles. The quantitative estimate of drug-likeness (QED) is 0.856. The van der Waals surface area contributed by atoms with Gasteiger partial charge in [0.05, 0.1) is 0 Å². The standard InChI is InChI=1S/C19H29N3O/c1-20(2)14-16-6-4-5-7-17(16)18(23)22-13-10-19(15-22)8-11-21(3)12-9-19/h4-7H,8-15H2,1-3H3. The Balaban J connectivity index is 1.72. The van der Waals surface area contributed by atoms with Crippen molar-refractivity contribution >= 4 is 5.91 Å². The SMILES string of the molecule is CN(C)Cc1ccccc1C(=O)N1CCC2(CCN(C)CC2)C1. The van der Waals surface area contributed by atoms with E-state index in [0.717, 1.165) is 30.8 Å². The minimum atomic E-state index is 0.221. The average Bonchev–Trinajstić information content (AvgIpc) is 2.94. The molecule has 1 aromatic rings. The third-order valence-corrected chi connectivity index (χ3v) is 5.51. The van der Waals surface area contributed by atoms with Crippen LogP contribution in [0.2, 0.25) is 0 Å². The Kier molecular flexibility index (Phi) is 4.74. The van der Waals surface area contributed by atoms with Crippen molar-refractivity contribution in [3.8, 4) is 0 Å². The van der Waals surface area contributed by atoms with Gasteiger partial charge in [0.15, 0.2) is 0 Å². The molecule has 0 atom stereocenters. The molecule has 0 saturated carbocycles. The molecule has 2 fully saturated rings. The molecule has 4 heteroatoms. The lowest BCUT2D eigenvalue weighted by atomic mass is 9.78. The molecule has 23 heavy (non-hydrogen) atoms. The van der Waals surface area contributed by atoms with Crippen LogP contribution in [0.4, 0.5) is 0 Å². The van der Waals surface area contributed by atoms with Crippen molar-refractivity contribution in [3.05, 3.63) is 35.4 Å². The maximum Gasteiger partial charge on any atom is 0.254 e. The summed E-state index contributed by atoms with van der Waals surface area (Å²) in [6.45, 7) is 5.00. The van der Waals surface area contributed by atoms with Gasteiger partial charge in [0.2, 0.25) is 0 Å². The van der Waals surface area contributed by atoms with Crippen molar-refractivity contribution < 1.29 is 4.79 Å². The van der Waals surface area contributed by atoms with Crippen LogP contribution < -0.4 is 0 Å². The van der Waals surface area contributed by atoms with Crippen LogP contribution in [-0.2, 0) is 6.54 Å². The van der Waals surface area contributed by atoms with Gasteiger partial charge in [0.1, 0.15) is 0 Å². The lowest BCUT2D eigenvalue weighted by Crippen LogP contribution is -2.40. The molecule has 1 spiro atoms. The fraction of sp³-hybridized carbons (Fsp3) is 0.632. The zero-order valence-corrected chi connectivity index (χ0v) is 14.7. The number of rotatable bonds is 3. The van der Waals surface area contributed by atoms with Gasteiger partial charge in [-0.1, -0.05) is 18.2 Å². The third kappa shape index (κ3) is 3.59. The number of carbonyl (C=O) groups is 1. The highest BCUT2D eigenvalue weighted by Gasteiger charge is 2.41. The van der Waals surface area contributed by atoms with E-state index < -0.39 is 0 Å². The first kappa shape index (κ1) is 16.5. The lowest BCUT2D eigenvalue weighted by Gasteiger charge is -2.37. The second-order valence-corrected chi connectivity index (χ2v) is 7.67. The molecular formula is C19H29N3O. The van der Waals surface area contributed by atoms with Gasteiger partial charge in [-0.25, -0.2) is 0 Å². The molecule has 0 bridgehead atoms. The largest absolute Gasteiger partial charge is 0.338 e. The summed E-state index contributed by atoms with van der Waals surface area (Å²) >= 11 is 0. The number of benzene rings is 1. The van der Waals surface area contributed by atoms with Gasteiger partial charge in [-0.2, -0.15) is 0 Å². The van der Waals surface area contributed by atoms with Crippen LogP contribution in [0, 0.1) is 5.41 Å². The van der Waals surface area contributed by atoms with Gasteiger partial charge >= 0.3 is 0 Å². The molecule has 0 N–H and O–H groups in total. The molecule has 126 valence electrons. The van der Waals surface area contributed by atoms with Crippen molar-refractivity contribution in [2.75, 3.05) is 47.3 Å². The molecular weight excluding hydrogens is 286 g/mol. The summed E-state index contributed by atoms with van der Waals surface area (Å²) in [5.41, 5.74) is 2.39. The predicted molar refractivity (Wildman–Crippen MR) is 93.5 cm³/mol.